The minimum absolute atomic E-state index is 0.0399. The maximum atomic E-state index is 10.8. The molecule has 1 heterocycles. The summed E-state index contributed by atoms with van der Waals surface area (Å²) < 4.78 is 5.59. The number of carboxylic acids is 1. The Balaban J connectivity index is 3.15. The van der Waals surface area contributed by atoms with E-state index in [1.165, 1.54) is 6.20 Å². The second-order valence-corrected chi connectivity index (χ2v) is 3.82. The first-order valence-corrected chi connectivity index (χ1v) is 5.44. The van der Waals surface area contributed by atoms with Crippen molar-refractivity contribution in [2.45, 2.75) is 32.8 Å². The number of rotatable bonds is 5. The van der Waals surface area contributed by atoms with Crippen molar-refractivity contribution in [1.82, 2.24) is 9.97 Å². The number of ether oxygens (including phenoxy) is 1. The smallest absolute Gasteiger partial charge is 0.341 e. The SMILES string of the molecule is CCOC(C)(CC)c1ncc(C(=O)O)c(N)n1. The molecular weight excluding hydrogens is 222 g/mol. The van der Waals surface area contributed by atoms with Gasteiger partial charge < -0.3 is 15.6 Å². The number of hydrogen-bond donors (Lipinski definition) is 2. The van der Waals surface area contributed by atoms with Crippen LogP contribution in [0.4, 0.5) is 5.82 Å². The van der Waals surface area contributed by atoms with E-state index in [-0.39, 0.29) is 11.4 Å². The van der Waals surface area contributed by atoms with Gasteiger partial charge in [-0.05, 0) is 20.3 Å². The van der Waals surface area contributed by atoms with E-state index in [9.17, 15) is 4.79 Å². The van der Waals surface area contributed by atoms with Gasteiger partial charge in [0.1, 0.15) is 17.0 Å². The van der Waals surface area contributed by atoms with E-state index in [4.69, 9.17) is 15.6 Å². The molecule has 0 bridgehead atoms. The van der Waals surface area contributed by atoms with Crippen LogP contribution in [0.15, 0.2) is 6.20 Å². The van der Waals surface area contributed by atoms with Crippen LogP contribution in [0.25, 0.3) is 0 Å². The van der Waals surface area contributed by atoms with E-state index in [0.29, 0.717) is 18.9 Å². The number of carbonyl (C=O) groups is 1. The summed E-state index contributed by atoms with van der Waals surface area (Å²) in [7, 11) is 0. The van der Waals surface area contributed by atoms with Crippen molar-refractivity contribution in [2.75, 3.05) is 12.3 Å². The number of nitrogens with zero attached hydrogens (tertiary/aromatic N) is 2. The van der Waals surface area contributed by atoms with Crippen molar-refractivity contribution < 1.29 is 14.6 Å². The third-order valence-electron chi connectivity index (χ3n) is 2.66. The molecule has 0 aliphatic heterocycles. The lowest BCUT2D eigenvalue weighted by Gasteiger charge is -2.26. The van der Waals surface area contributed by atoms with E-state index in [0.717, 1.165) is 0 Å². The van der Waals surface area contributed by atoms with Crippen LogP contribution in [0.3, 0.4) is 0 Å². The largest absolute Gasteiger partial charge is 0.477 e. The summed E-state index contributed by atoms with van der Waals surface area (Å²) in [5.41, 5.74) is 4.85. The highest BCUT2D eigenvalue weighted by Crippen LogP contribution is 2.26. The number of aromatic carboxylic acids is 1. The Morgan fingerprint density at radius 3 is 2.65 bits per heavy atom. The maximum Gasteiger partial charge on any atom is 0.341 e. The van der Waals surface area contributed by atoms with Crippen molar-refractivity contribution in [3.05, 3.63) is 17.6 Å². The second kappa shape index (κ2) is 5.09. The van der Waals surface area contributed by atoms with E-state index in [2.05, 4.69) is 9.97 Å². The molecule has 17 heavy (non-hydrogen) atoms. The zero-order valence-corrected chi connectivity index (χ0v) is 10.2. The average molecular weight is 239 g/mol. The van der Waals surface area contributed by atoms with Crippen LogP contribution in [0.1, 0.15) is 43.4 Å². The quantitative estimate of drug-likeness (QED) is 0.806. The summed E-state index contributed by atoms with van der Waals surface area (Å²) in [6.07, 6.45) is 1.89. The van der Waals surface area contributed by atoms with Crippen molar-refractivity contribution in [3.8, 4) is 0 Å². The van der Waals surface area contributed by atoms with E-state index in [1.54, 1.807) is 0 Å². The maximum absolute atomic E-state index is 10.8. The molecule has 0 aromatic carbocycles. The van der Waals surface area contributed by atoms with Gasteiger partial charge >= 0.3 is 5.97 Å². The molecule has 0 spiro atoms. The lowest BCUT2D eigenvalue weighted by molar-refractivity contribution is -0.0389. The van der Waals surface area contributed by atoms with Crippen LogP contribution >= 0.6 is 0 Å². The zero-order chi connectivity index (χ0) is 13.1. The standard InChI is InChI=1S/C11H17N3O3/c1-4-11(3,17-5-2)10-13-6-7(9(15)16)8(12)14-10/h6H,4-5H2,1-3H3,(H,15,16)(H2,12,13,14). The van der Waals surface area contributed by atoms with Crippen LogP contribution in [0.5, 0.6) is 0 Å². The fourth-order valence-corrected chi connectivity index (χ4v) is 1.46. The van der Waals surface area contributed by atoms with Crippen LogP contribution in [-0.2, 0) is 10.3 Å². The molecule has 0 saturated carbocycles. The fourth-order valence-electron chi connectivity index (χ4n) is 1.46. The van der Waals surface area contributed by atoms with Crippen molar-refractivity contribution in [1.29, 1.82) is 0 Å². The summed E-state index contributed by atoms with van der Waals surface area (Å²) >= 11 is 0. The summed E-state index contributed by atoms with van der Waals surface area (Å²) in [6, 6.07) is 0. The van der Waals surface area contributed by atoms with Crippen LogP contribution < -0.4 is 5.73 Å². The van der Waals surface area contributed by atoms with Crippen LogP contribution in [-0.4, -0.2) is 27.7 Å². The van der Waals surface area contributed by atoms with Gasteiger partial charge in [-0.25, -0.2) is 14.8 Å². The van der Waals surface area contributed by atoms with Crippen LogP contribution in [0.2, 0.25) is 0 Å². The second-order valence-electron chi connectivity index (χ2n) is 3.82. The highest BCUT2D eigenvalue weighted by molar-refractivity contribution is 5.92. The molecule has 1 atom stereocenters. The Labute approximate surface area is 99.8 Å². The number of aromatic nitrogens is 2. The lowest BCUT2D eigenvalue weighted by Crippen LogP contribution is -2.28. The van der Waals surface area contributed by atoms with Crippen LogP contribution in [0, 0.1) is 0 Å². The third-order valence-corrected chi connectivity index (χ3v) is 2.66. The predicted octanol–water partition coefficient (Wildman–Crippen LogP) is 1.42. The molecule has 0 fully saturated rings. The molecule has 1 rings (SSSR count). The molecule has 94 valence electrons. The Morgan fingerprint density at radius 1 is 1.59 bits per heavy atom. The minimum atomic E-state index is -1.14. The minimum Gasteiger partial charge on any atom is -0.477 e. The monoisotopic (exact) mass is 239 g/mol. The van der Waals surface area contributed by atoms with E-state index < -0.39 is 11.6 Å². The van der Waals surface area contributed by atoms with Crippen molar-refractivity contribution >= 4 is 11.8 Å². The Hall–Kier alpha value is -1.69. The Bertz CT molecular complexity index is 422. The Kier molecular flexibility index (Phi) is 4.01. The number of carboxylic acid groups (broad SMARTS) is 1. The highest BCUT2D eigenvalue weighted by atomic mass is 16.5. The molecule has 0 saturated heterocycles. The molecule has 1 aromatic heterocycles. The summed E-state index contributed by atoms with van der Waals surface area (Å²) in [5.74, 6) is -0.769. The molecule has 6 nitrogen and oxygen atoms in total. The van der Waals surface area contributed by atoms with Crippen molar-refractivity contribution in [2.24, 2.45) is 0 Å². The molecule has 3 N–H and O–H groups in total. The van der Waals surface area contributed by atoms with Gasteiger partial charge in [-0.1, -0.05) is 6.92 Å². The average Bonchev–Trinajstić information content (AvgIpc) is 2.28. The highest BCUT2D eigenvalue weighted by Gasteiger charge is 2.29. The van der Waals surface area contributed by atoms with Gasteiger partial charge in [0.25, 0.3) is 0 Å². The first-order chi connectivity index (χ1) is 7.94. The van der Waals surface area contributed by atoms with Gasteiger partial charge in [0.05, 0.1) is 0 Å². The number of nitrogens with two attached hydrogens (primary N) is 1. The normalized spacial score (nSPS) is 14.3. The zero-order valence-electron chi connectivity index (χ0n) is 10.2. The lowest BCUT2D eigenvalue weighted by atomic mass is 10.0. The number of hydrogen-bond acceptors (Lipinski definition) is 5. The molecular formula is C11H17N3O3. The number of anilines is 1. The van der Waals surface area contributed by atoms with Gasteiger partial charge in [-0.3, -0.25) is 0 Å². The summed E-state index contributed by atoms with van der Waals surface area (Å²) in [6.45, 7) is 6.20. The van der Waals surface area contributed by atoms with Gasteiger partial charge in [-0.2, -0.15) is 0 Å². The van der Waals surface area contributed by atoms with E-state index in [1.807, 2.05) is 20.8 Å². The summed E-state index contributed by atoms with van der Waals surface area (Å²) in [4.78, 5) is 18.8. The fraction of sp³-hybridized carbons (Fsp3) is 0.545. The van der Waals surface area contributed by atoms with Gasteiger partial charge in [-0.15, -0.1) is 0 Å². The molecule has 0 amide bonds. The first-order valence-electron chi connectivity index (χ1n) is 5.44. The van der Waals surface area contributed by atoms with Gasteiger partial charge in [0.2, 0.25) is 0 Å². The topological polar surface area (TPSA) is 98.3 Å². The predicted molar refractivity (Wildman–Crippen MR) is 62.7 cm³/mol. The molecule has 1 aromatic rings. The molecule has 1 unspecified atom stereocenters. The summed E-state index contributed by atoms with van der Waals surface area (Å²) in [5, 5.41) is 8.83. The molecule has 0 aliphatic carbocycles. The third kappa shape index (κ3) is 2.71. The molecule has 6 heteroatoms. The van der Waals surface area contributed by atoms with Crippen molar-refractivity contribution in [3.63, 3.8) is 0 Å². The van der Waals surface area contributed by atoms with Gasteiger partial charge in [0.15, 0.2) is 5.82 Å². The van der Waals surface area contributed by atoms with Gasteiger partial charge in [0, 0.05) is 12.8 Å². The molecule has 0 aliphatic rings. The van der Waals surface area contributed by atoms with E-state index >= 15 is 0 Å². The number of nitrogen functional groups attached to an aromatic ring is 1. The first kappa shape index (κ1) is 13.4. The molecule has 0 radical (unpaired) electrons. The Morgan fingerprint density at radius 2 is 2.24 bits per heavy atom.